The van der Waals surface area contributed by atoms with Crippen LogP contribution in [0.3, 0.4) is 0 Å². The molecule has 0 N–H and O–H groups in total. The van der Waals surface area contributed by atoms with Crippen LogP contribution in [0.2, 0.25) is 0 Å². The summed E-state index contributed by atoms with van der Waals surface area (Å²) >= 11 is 0. The second-order valence-corrected chi connectivity index (χ2v) is 4.37. The summed E-state index contributed by atoms with van der Waals surface area (Å²) in [7, 11) is 0. The minimum atomic E-state index is -0.184. The number of isocyanates is 1. The van der Waals surface area contributed by atoms with E-state index in [4.69, 9.17) is 0 Å². The van der Waals surface area contributed by atoms with Crippen LogP contribution >= 0.6 is 0 Å². The van der Waals surface area contributed by atoms with Gasteiger partial charge in [0.2, 0.25) is 6.08 Å². The van der Waals surface area contributed by atoms with Crippen molar-refractivity contribution in [2.75, 3.05) is 0 Å². The van der Waals surface area contributed by atoms with Gasteiger partial charge in [0, 0.05) is 0 Å². The van der Waals surface area contributed by atoms with Gasteiger partial charge in [0.15, 0.2) is 0 Å². The van der Waals surface area contributed by atoms with Crippen molar-refractivity contribution >= 4 is 6.08 Å². The van der Waals surface area contributed by atoms with Gasteiger partial charge < -0.3 is 0 Å². The molecule has 0 heterocycles. The zero-order chi connectivity index (χ0) is 9.03. The summed E-state index contributed by atoms with van der Waals surface area (Å²) in [5.74, 6) is 0.789. The van der Waals surface area contributed by atoms with E-state index in [0.717, 1.165) is 12.3 Å². The van der Waals surface area contributed by atoms with Gasteiger partial charge >= 0.3 is 0 Å². The molecular weight excluding hydrogens is 150 g/mol. The van der Waals surface area contributed by atoms with E-state index >= 15 is 0 Å². The van der Waals surface area contributed by atoms with Crippen molar-refractivity contribution in [3.8, 4) is 0 Å². The zero-order valence-electron chi connectivity index (χ0n) is 7.97. The van der Waals surface area contributed by atoms with Crippen molar-refractivity contribution < 1.29 is 4.79 Å². The largest absolute Gasteiger partial charge is 0.235 e. The van der Waals surface area contributed by atoms with Crippen LogP contribution in [-0.2, 0) is 4.79 Å². The third-order valence-electron chi connectivity index (χ3n) is 2.61. The number of nitrogens with zero attached hydrogens (tertiary/aromatic N) is 1. The normalized spacial score (nSPS) is 19.2. The van der Waals surface area contributed by atoms with Crippen LogP contribution in [0.5, 0.6) is 0 Å². The van der Waals surface area contributed by atoms with Crippen LogP contribution in [0.1, 0.15) is 46.0 Å². The molecule has 2 nitrogen and oxygen atoms in total. The molecule has 0 amide bonds. The maximum Gasteiger partial charge on any atom is 0.235 e. The van der Waals surface area contributed by atoms with Gasteiger partial charge in [-0.2, -0.15) is 4.99 Å². The van der Waals surface area contributed by atoms with Gasteiger partial charge in [0.25, 0.3) is 0 Å². The molecule has 1 rings (SSSR count). The molecule has 0 aromatic heterocycles. The molecule has 1 saturated carbocycles. The average molecular weight is 167 g/mol. The lowest BCUT2D eigenvalue weighted by molar-refractivity contribution is 0.367. The molecule has 0 saturated heterocycles. The lowest BCUT2D eigenvalue weighted by atomic mass is 9.90. The molecule has 0 bridgehead atoms. The minimum Gasteiger partial charge on any atom is -0.211 e. The van der Waals surface area contributed by atoms with Crippen molar-refractivity contribution in [3.63, 3.8) is 0 Å². The first-order chi connectivity index (χ1) is 5.64. The van der Waals surface area contributed by atoms with Crippen LogP contribution in [0.25, 0.3) is 0 Å². The Labute approximate surface area is 74.1 Å². The van der Waals surface area contributed by atoms with E-state index in [1.807, 2.05) is 13.8 Å². The maximum atomic E-state index is 10.1. The SMILES string of the molecule is CC(C)(CC1CCCC1)N=C=O. The topological polar surface area (TPSA) is 29.4 Å². The Hall–Kier alpha value is -0.620. The van der Waals surface area contributed by atoms with Crippen molar-refractivity contribution in [1.82, 2.24) is 0 Å². The molecule has 2 heteroatoms. The maximum absolute atomic E-state index is 10.1. The van der Waals surface area contributed by atoms with Crippen LogP contribution in [0, 0.1) is 5.92 Å². The van der Waals surface area contributed by atoms with Gasteiger partial charge in [-0.1, -0.05) is 25.7 Å². The smallest absolute Gasteiger partial charge is 0.211 e. The summed E-state index contributed by atoms with van der Waals surface area (Å²) in [6.45, 7) is 4.02. The minimum absolute atomic E-state index is 0.184. The number of hydrogen-bond donors (Lipinski definition) is 0. The van der Waals surface area contributed by atoms with Crippen molar-refractivity contribution in [1.29, 1.82) is 0 Å². The Kier molecular flexibility index (Phi) is 3.05. The molecule has 68 valence electrons. The molecule has 12 heavy (non-hydrogen) atoms. The third-order valence-corrected chi connectivity index (χ3v) is 2.61. The average Bonchev–Trinajstić information content (AvgIpc) is 2.38. The fourth-order valence-corrected chi connectivity index (χ4v) is 2.09. The highest BCUT2D eigenvalue weighted by Gasteiger charge is 2.24. The predicted octanol–water partition coefficient (Wildman–Crippen LogP) is 2.68. The molecule has 1 aliphatic rings. The quantitative estimate of drug-likeness (QED) is 0.469. The van der Waals surface area contributed by atoms with E-state index < -0.39 is 0 Å². The van der Waals surface area contributed by atoms with Crippen LogP contribution in [0.4, 0.5) is 0 Å². The van der Waals surface area contributed by atoms with E-state index in [0.29, 0.717) is 0 Å². The molecular formula is C10H17NO. The molecule has 0 spiro atoms. The summed E-state index contributed by atoms with van der Waals surface area (Å²) in [4.78, 5) is 13.9. The number of rotatable bonds is 3. The number of hydrogen-bond acceptors (Lipinski definition) is 2. The van der Waals surface area contributed by atoms with Crippen LogP contribution in [0.15, 0.2) is 4.99 Å². The fourth-order valence-electron chi connectivity index (χ4n) is 2.09. The van der Waals surface area contributed by atoms with Gasteiger partial charge in [-0.3, -0.25) is 0 Å². The monoisotopic (exact) mass is 167 g/mol. The first-order valence-corrected chi connectivity index (χ1v) is 4.73. The first-order valence-electron chi connectivity index (χ1n) is 4.73. The van der Waals surface area contributed by atoms with Gasteiger partial charge in [-0.25, -0.2) is 4.79 Å². The lowest BCUT2D eigenvalue weighted by Crippen LogP contribution is -2.20. The summed E-state index contributed by atoms with van der Waals surface area (Å²) in [6.07, 6.45) is 8.04. The van der Waals surface area contributed by atoms with E-state index in [1.165, 1.54) is 25.7 Å². The van der Waals surface area contributed by atoms with Crippen molar-refractivity contribution in [2.24, 2.45) is 10.9 Å². The lowest BCUT2D eigenvalue weighted by Gasteiger charge is -2.21. The van der Waals surface area contributed by atoms with Crippen LogP contribution < -0.4 is 0 Å². The van der Waals surface area contributed by atoms with Gasteiger partial charge in [0.1, 0.15) is 0 Å². The summed E-state index contributed by atoms with van der Waals surface area (Å²) in [6, 6.07) is 0. The Bertz CT molecular complexity index is 186. The molecule has 0 aromatic carbocycles. The first kappa shape index (κ1) is 9.47. The Morgan fingerprint density at radius 2 is 2.00 bits per heavy atom. The van der Waals surface area contributed by atoms with Crippen molar-refractivity contribution in [3.05, 3.63) is 0 Å². The Morgan fingerprint density at radius 3 is 2.50 bits per heavy atom. The fraction of sp³-hybridized carbons (Fsp3) is 0.900. The summed E-state index contributed by atoms with van der Waals surface area (Å²) in [5, 5.41) is 0. The van der Waals surface area contributed by atoms with Crippen molar-refractivity contribution in [2.45, 2.75) is 51.5 Å². The zero-order valence-corrected chi connectivity index (χ0v) is 7.97. The standard InChI is InChI=1S/C10H17NO/c1-10(2,11-8-12)7-9-5-3-4-6-9/h9H,3-7H2,1-2H3. The van der Waals surface area contributed by atoms with E-state index in [9.17, 15) is 4.79 Å². The highest BCUT2D eigenvalue weighted by molar-refractivity contribution is 5.34. The number of carbonyl (C=O) groups excluding carboxylic acids is 1. The summed E-state index contributed by atoms with van der Waals surface area (Å²) in [5.41, 5.74) is -0.184. The number of aliphatic imine (C=N–C) groups is 1. The van der Waals surface area contributed by atoms with E-state index in [2.05, 4.69) is 4.99 Å². The Balaban J connectivity index is 2.42. The second-order valence-electron chi connectivity index (χ2n) is 4.37. The van der Waals surface area contributed by atoms with Gasteiger partial charge in [0.05, 0.1) is 5.54 Å². The molecule has 1 fully saturated rings. The molecule has 0 aromatic rings. The molecule has 0 unspecified atom stereocenters. The van der Waals surface area contributed by atoms with Gasteiger partial charge in [-0.05, 0) is 26.2 Å². The third kappa shape index (κ3) is 2.78. The molecule has 0 aliphatic heterocycles. The summed E-state index contributed by atoms with van der Waals surface area (Å²) < 4.78 is 0. The Morgan fingerprint density at radius 1 is 1.42 bits per heavy atom. The second kappa shape index (κ2) is 3.86. The molecule has 0 atom stereocenters. The highest BCUT2D eigenvalue weighted by Crippen LogP contribution is 2.32. The van der Waals surface area contributed by atoms with E-state index in [-0.39, 0.29) is 5.54 Å². The molecule has 0 radical (unpaired) electrons. The van der Waals surface area contributed by atoms with E-state index in [1.54, 1.807) is 6.08 Å². The molecule has 1 aliphatic carbocycles. The predicted molar refractivity (Wildman–Crippen MR) is 48.8 cm³/mol. The highest BCUT2D eigenvalue weighted by atomic mass is 16.1. The van der Waals surface area contributed by atoms with Gasteiger partial charge in [-0.15, -0.1) is 0 Å². The van der Waals surface area contributed by atoms with Crippen LogP contribution in [-0.4, -0.2) is 11.6 Å².